The lowest BCUT2D eigenvalue weighted by Gasteiger charge is -2.43. The van der Waals surface area contributed by atoms with Crippen molar-refractivity contribution in [3.05, 3.63) is 35.4 Å². The number of alkyl halides is 3. The van der Waals surface area contributed by atoms with Crippen LogP contribution in [0.2, 0.25) is 0 Å². The van der Waals surface area contributed by atoms with Crippen LogP contribution in [0.15, 0.2) is 24.3 Å². The number of halogens is 3. The van der Waals surface area contributed by atoms with Gasteiger partial charge in [0.1, 0.15) is 0 Å². The lowest BCUT2D eigenvalue weighted by molar-refractivity contribution is -0.137. The van der Waals surface area contributed by atoms with E-state index in [0.717, 1.165) is 30.9 Å². The van der Waals surface area contributed by atoms with Crippen molar-refractivity contribution in [3.8, 4) is 0 Å². The highest BCUT2D eigenvalue weighted by Gasteiger charge is 2.36. The Morgan fingerprint density at radius 1 is 1.08 bits per heavy atom. The van der Waals surface area contributed by atoms with Crippen molar-refractivity contribution in [3.63, 3.8) is 0 Å². The maximum Gasteiger partial charge on any atom is 0.416 e. The Hall–Kier alpha value is -1.07. The fraction of sp³-hybridized carbons (Fsp3) is 0.684. The van der Waals surface area contributed by atoms with Crippen molar-refractivity contribution in [1.29, 1.82) is 0 Å². The number of rotatable bonds is 3. The zero-order valence-corrected chi connectivity index (χ0v) is 15.2. The minimum absolute atomic E-state index is 0.0297. The molecule has 1 aromatic carbocycles. The fourth-order valence-corrected chi connectivity index (χ4v) is 3.71. The standard InChI is InChI=1S/C19H29F3N2/c1-18(2,3)23-16-10-9-14(12-17(16)24(4)5)13-7-6-8-15(11-13)19(20,21)22/h6-8,11,14,16-17,23H,9-10,12H2,1-5H3/t14-,16+,17+/m1/s1. The van der Waals surface area contributed by atoms with Gasteiger partial charge >= 0.3 is 6.18 Å². The smallest absolute Gasteiger partial charge is 0.308 e. The maximum atomic E-state index is 13.0. The highest BCUT2D eigenvalue weighted by atomic mass is 19.4. The van der Waals surface area contributed by atoms with Crippen molar-refractivity contribution in [2.75, 3.05) is 14.1 Å². The molecular formula is C19H29F3N2. The van der Waals surface area contributed by atoms with Gasteiger partial charge in [0.25, 0.3) is 0 Å². The van der Waals surface area contributed by atoms with Crippen LogP contribution >= 0.6 is 0 Å². The van der Waals surface area contributed by atoms with Crippen molar-refractivity contribution in [2.24, 2.45) is 0 Å². The second-order valence-corrected chi connectivity index (χ2v) is 8.16. The van der Waals surface area contributed by atoms with E-state index >= 15 is 0 Å². The summed E-state index contributed by atoms with van der Waals surface area (Å²) in [7, 11) is 4.10. The van der Waals surface area contributed by atoms with Crippen LogP contribution in [0.1, 0.15) is 57.1 Å². The summed E-state index contributed by atoms with van der Waals surface area (Å²) >= 11 is 0. The first-order valence-corrected chi connectivity index (χ1v) is 8.58. The van der Waals surface area contributed by atoms with E-state index in [0.29, 0.717) is 12.1 Å². The van der Waals surface area contributed by atoms with Gasteiger partial charge in [0.2, 0.25) is 0 Å². The molecule has 0 heterocycles. The summed E-state index contributed by atoms with van der Waals surface area (Å²) in [6.45, 7) is 6.45. The van der Waals surface area contributed by atoms with Gasteiger partial charge in [0.05, 0.1) is 5.56 Å². The first-order valence-electron chi connectivity index (χ1n) is 8.58. The third-order valence-corrected chi connectivity index (χ3v) is 4.78. The van der Waals surface area contributed by atoms with E-state index in [4.69, 9.17) is 0 Å². The molecular weight excluding hydrogens is 313 g/mol. The van der Waals surface area contributed by atoms with Crippen LogP contribution in [0, 0.1) is 0 Å². The Morgan fingerprint density at radius 2 is 1.75 bits per heavy atom. The third kappa shape index (κ3) is 4.96. The van der Waals surface area contributed by atoms with Crippen molar-refractivity contribution in [1.82, 2.24) is 10.2 Å². The highest BCUT2D eigenvalue weighted by Crippen LogP contribution is 2.38. The van der Waals surface area contributed by atoms with E-state index in [1.807, 2.05) is 6.07 Å². The molecule has 0 amide bonds. The highest BCUT2D eigenvalue weighted by molar-refractivity contribution is 5.29. The molecule has 1 aliphatic rings. The number of benzene rings is 1. The molecule has 3 atom stereocenters. The zero-order valence-electron chi connectivity index (χ0n) is 15.2. The lowest BCUT2D eigenvalue weighted by Crippen LogP contribution is -2.55. The second-order valence-electron chi connectivity index (χ2n) is 8.16. The third-order valence-electron chi connectivity index (χ3n) is 4.78. The minimum Gasteiger partial charge on any atom is -0.308 e. The summed E-state index contributed by atoms with van der Waals surface area (Å²) in [4.78, 5) is 2.20. The molecule has 0 spiro atoms. The number of likely N-dealkylation sites (N-methyl/N-ethyl adjacent to an activating group) is 1. The van der Waals surface area contributed by atoms with Crippen LogP contribution in [0.5, 0.6) is 0 Å². The van der Waals surface area contributed by atoms with Crippen LogP contribution in [-0.4, -0.2) is 36.6 Å². The molecule has 136 valence electrons. The van der Waals surface area contributed by atoms with Gasteiger partial charge in [-0.2, -0.15) is 13.2 Å². The number of hydrogen-bond donors (Lipinski definition) is 1. The van der Waals surface area contributed by atoms with Crippen LogP contribution in [0.3, 0.4) is 0 Å². The van der Waals surface area contributed by atoms with Crippen LogP contribution in [0.25, 0.3) is 0 Å². The molecule has 1 saturated carbocycles. The summed E-state index contributed by atoms with van der Waals surface area (Å²) < 4.78 is 38.9. The van der Waals surface area contributed by atoms with E-state index in [9.17, 15) is 13.2 Å². The molecule has 1 aliphatic carbocycles. The van der Waals surface area contributed by atoms with Gasteiger partial charge < -0.3 is 10.2 Å². The van der Waals surface area contributed by atoms with Crippen LogP contribution in [0.4, 0.5) is 13.2 Å². The van der Waals surface area contributed by atoms with E-state index in [-0.39, 0.29) is 11.5 Å². The summed E-state index contributed by atoms with van der Waals surface area (Å²) in [5.74, 6) is 0.178. The molecule has 1 N–H and O–H groups in total. The topological polar surface area (TPSA) is 15.3 Å². The first kappa shape index (κ1) is 19.3. The summed E-state index contributed by atoms with van der Waals surface area (Å²) in [5, 5.41) is 3.68. The van der Waals surface area contributed by atoms with E-state index in [2.05, 4.69) is 45.1 Å². The number of nitrogens with zero attached hydrogens (tertiary/aromatic N) is 1. The average molecular weight is 342 g/mol. The minimum atomic E-state index is -4.28. The molecule has 2 nitrogen and oxygen atoms in total. The van der Waals surface area contributed by atoms with Crippen LogP contribution < -0.4 is 5.32 Å². The van der Waals surface area contributed by atoms with E-state index in [1.165, 1.54) is 12.1 Å². The molecule has 2 rings (SSSR count). The molecule has 0 aromatic heterocycles. The lowest BCUT2D eigenvalue weighted by atomic mass is 9.77. The second kappa shape index (κ2) is 7.04. The Labute approximate surface area is 143 Å². The van der Waals surface area contributed by atoms with Gasteiger partial charge in [-0.15, -0.1) is 0 Å². The SMILES string of the molecule is CN(C)[C@H]1C[C@H](c2cccc(C(F)(F)F)c2)CC[C@@H]1NC(C)(C)C. The van der Waals surface area contributed by atoms with E-state index < -0.39 is 11.7 Å². The number of nitrogens with one attached hydrogen (secondary N) is 1. The maximum absolute atomic E-state index is 13.0. The molecule has 1 fully saturated rings. The monoisotopic (exact) mass is 342 g/mol. The number of hydrogen-bond acceptors (Lipinski definition) is 2. The predicted molar refractivity (Wildman–Crippen MR) is 92.2 cm³/mol. The normalized spacial score (nSPS) is 26.0. The molecule has 24 heavy (non-hydrogen) atoms. The quantitative estimate of drug-likeness (QED) is 0.859. The van der Waals surface area contributed by atoms with Crippen LogP contribution in [-0.2, 0) is 6.18 Å². The summed E-state index contributed by atoms with van der Waals surface area (Å²) in [6.07, 6.45) is -1.51. The largest absolute Gasteiger partial charge is 0.416 e. The fourth-order valence-electron chi connectivity index (χ4n) is 3.71. The van der Waals surface area contributed by atoms with Crippen molar-refractivity contribution >= 4 is 0 Å². The van der Waals surface area contributed by atoms with Gasteiger partial charge in [-0.25, -0.2) is 0 Å². The summed E-state index contributed by atoms with van der Waals surface area (Å²) in [5.41, 5.74) is 0.296. The molecule has 0 saturated heterocycles. The Bertz CT molecular complexity index is 546. The van der Waals surface area contributed by atoms with Crippen molar-refractivity contribution < 1.29 is 13.2 Å². The zero-order chi connectivity index (χ0) is 18.1. The molecule has 1 aromatic rings. The van der Waals surface area contributed by atoms with Gasteiger partial charge in [0, 0.05) is 17.6 Å². The molecule has 0 bridgehead atoms. The van der Waals surface area contributed by atoms with E-state index in [1.54, 1.807) is 0 Å². The molecule has 0 unspecified atom stereocenters. The Balaban J connectivity index is 2.17. The predicted octanol–water partition coefficient (Wildman–Crippen LogP) is 4.66. The molecule has 5 heteroatoms. The first-order chi connectivity index (χ1) is 11.0. The Kier molecular flexibility index (Phi) is 5.65. The Morgan fingerprint density at radius 3 is 2.29 bits per heavy atom. The summed E-state index contributed by atoms with van der Waals surface area (Å²) in [6, 6.07) is 6.53. The van der Waals surface area contributed by atoms with Gasteiger partial charge in [-0.3, -0.25) is 0 Å². The van der Waals surface area contributed by atoms with Crippen molar-refractivity contribution in [2.45, 2.75) is 69.8 Å². The molecule has 0 aliphatic heterocycles. The van der Waals surface area contributed by atoms with Gasteiger partial charge in [0.15, 0.2) is 0 Å². The van der Waals surface area contributed by atoms with Gasteiger partial charge in [-0.05, 0) is 71.7 Å². The van der Waals surface area contributed by atoms with Gasteiger partial charge in [-0.1, -0.05) is 18.2 Å². The average Bonchev–Trinajstić information content (AvgIpc) is 2.45. The molecule has 0 radical (unpaired) electrons.